The van der Waals surface area contributed by atoms with E-state index in [4.69, 9.17) is 5.73 Å². The zero-order chi connectivity index (χ0) is 14.9. The average Bonchev–Trinajstić information content (AvgIpc) is 2.33. The molecular weight excluding hydrogens is 259 g/mol. The number of primary amides is 1. The van der Waals surface area contributed by atoms with E-state index in [1.165, 1.54) is 18.2 Å². The minimum atomic E-state index is -0.603. The second-order valence-corrected chi connectivity index (χ2v) is 5.31. The fourth-order valence-corrected chi connectivity index (χ4v) is 2.41. The minimum absolute atomic E-state index is 0.0203. The Morgan fingerprint density at radius 3 is 2.80 bits per heavy atom. The molecule has 2 amide bonds. The molecule has 0 unspecified atom stereocenters. The summed E-state index contributed by atoms with van der Waals surface area (Å²) in [6.07, 6.45) is 1.26. The largest absolute Gasteiger partial charge is 0.366 e. The van der Waals surface area contributed by atoms with Gasteiger partial charge in [-0.2, -0.15) is 0 Å². The molecule has 2 rings (SSSR count). The van der Waals surface area contributed by atoms with Crippen molar-refractivity contribution in [1.82, 2.24) is 4.90 Å². The van der Waals surface area contributed by atoms with Crippen LogP contribution in [0.3, 0.4) is 0 Å². The van der Waals surface area contributed by atoms with Crippen LogP contribution in [-0.2, 0) is 4.79 Å². The number of rotatable bonds is 3. The SMILES string of the molecule is CC(C)CN1C/C(=C\C(N)=O)c2cccc(F)c2C1=O. The van der Waals surface area contributed by atoms with Crippen LogP contribution >= 0.6 is 0 Å². The van der Waals surface area contributed by atoms with Crippen molar-refractivity contribution in [2.45, 2.75) is 13.8 Å². The molecule has 0 aliphatic carbocycles. The number of nitrogens with two attached hydrogens (primary N) is 1. The molecule has 4 nitrogen and oxygen atoms in total. The first kappa shape index (κ1) is 14.2. The molecule has 106 valence electrons. The topological polar surface area (TPSA) is 63.4 Å². The number of hydrogen-bond donors (Lipinski definition) is 1. The van der Waals surface area contributed by atoms with Crippen LogP contribution in [0, 0.1) is 11.7 Å². The van der Waals surface area contributed by atoms with Crippen molar-refractivity contribution in [2.75, 3.05) is 13.1 Å². The van der Waals surface area contributed by atoms with Gasteiger partial charge < -0.3 is 10.6 Å². The van der Waals surface area contributed by atoms with Crippen LogP contribution in [0.4, 0.5) is 4.39 Å². The third-order valence-electron chi connectivity index (χ3n) is 3.12. The summed E-state index contributed by atoms with van der Waals surface area (Å²) in [4.78, 5) is 25.0. The lowest BCUT2D eigenvalue weighted by Gasteiger charge is -2.31. The van der Waals surface area contributed by atoms with E-state index in [1.807, 2.05) is 13.8 Å². The van der Waals surface area contributed by atoms with E-state index < -0.39 is 11.7 Å². The summed E-state index contributed by atoms with van der Waals surface area (Å²) >= 11 is 0. The summed E-state index contributed by atoms with van der Waals surface area (Å²) in [5.74, 6) is -1.26. The Kier molecular flexibility index (Phi) is 3.88. The number of hydrogen-bond acceptors (Lipinski definition) is 2. The molecule has 1 aromatic carbocycles. The maximum Gasteiger partial charge on any atom is 0.257 e. The lowest BCUT2D eigenvalue weighted by Crippen LogP contribution is -2.40. The first-order chi connectivity index (χ1) is 9.40. The lowest BCUT2D eigenvalue weighted by molar-refractivity contribution is -0.113. The molecule has 0 spiro atoms. The molecule has 20 heavy (non-hydrogen) atoms. The van der Waals surface area contributed by atoms with E-state index in [9.17, 15) is 14.0 Å². The quantitative estimate of drug-likeness (QED) is 0.856. The van der Waals surface area contributed by atoms with Gasteiger partial charge >= 0.3 is 0 Å². The fourth-order valence-electron chi connectivity index (χ4n) is 2.41. The lowest BCUT2D eigenvalue weighted by atomic mass is 9.93. The Balaban J connectivity index is 2.54. The summed E-state index contributed by atoms with van der Waals surface area (Å²) in [6, 6.07) is 4.41. The van der Waals surface area contributed by atoms with E-state index in [-0.39, 0.29) is 23.9 Å². The van der Waals surface area contributed by atoms with Gasteiger partial charge in [0, 0.05) is 19.2 Å². The van der Waals surface area contributed by atoms with E-state index in [1.54, 1.807) is 11.0 Å². The fraction of sp³-hybridized carbons (Fsp3) is 0.333. The van der Waals surface area contributed by atoms with Gasteiger partial charge in [-0.15, -0.1) is 0 Å². The molecule has 0 bridgehead atoms. The van der Waals surface area contributed by atoms with E-state index in [0.29, 0.717) is 17.7 Å². The maximum absolute atomic E-state index is 14.0. The summed E-state index contributed by atoms with van der Waals surface area (Å²) in [5.41, 5.74) is 6.24. The summed E-state index contributed by atoms with van der Waals surface area (Å²) in [7, 11) is 0. The molecule has 0 aromatic heterocycles. The number of benzene rings is 1. The van der Waals surface area contributed by atoms with E-state index in [0.717, 1.165) is 0 Å². The Bertz CT molecular complexity index is 594. The summed E-state index contributed by atoms with van der Waals surface area (Å²) in [5, 5.41) is 0. The van der Waals surface area contributed by atoms with Gasteiger partial charge in [-0.05, 0) is 23.1 Å². The van der Waals surface area contributed by atoms with Crippen molar-refractivity contribution >= 4 is 17.4 Å². The average molecular weight is 276 g/mol. The zero-order valence-corrected chi connectivity index (χ0v) is 11.5. The molecule has 0 saturated carbocycles. The van der Waals surface area contributed by atoms with Crippen molar-refractivity contribution in [2.24, 2.45) is 11.7 Å². The molecule has 1 aromatic rings. The van der Waals surface area contributed by atoms with Gasteiger partial charge in [0.2, 0.25) is 5.91 Å². The summed E-state index contributed by atoms with van der Waals surface area (Å²) < 4.78 is 14.0. The molecule has 0 saturated heterocycles. The third kappa shape index (κ3) is 2.71. The van der Waals surface area contributed by atoms with Crippen LogP contribution in [0.2, 0.25) is 0 Å². The Morgan fingerprint density at radius 1 is 1.50 bits per heavy atom. The molecule has 0 atom stereocenters. The highest BCUT2D eigenvalue weighted by atomic mass is 19.1. The standard InChI is InChI=1S/C15H17FN2O2/c1-9(2)7-18-8-10(6-13(17)19)11-4-3-5-12(16)14(11)15(18)20/h3-6,9H,7-8H2,1-2H3,(H2,17,19)/b10-6+. The zero-order valence-electron chi connectivity index (χ0n) is 11.5. The monoisotopic (exact) mass is 276 g/mol. The van der Waals surface area contributed by atoms with Crippen LogP contribution in [-0.4, -0.2) is 29.8 Å². The molecule has 5 heteroatoms. The second-order valence-electron chi connectivity index (χ2n) is 5.31. The smallest absolute Gasteiger partial charge is 0.257 e. The van der Waals surface area contributed by atoms with Crippen LogP contribution in [0.1, 0.15) is 29.8 Å². The number of carbonyl (C=O) groups is 2. The third-order valence-corrected chi connectivity index (χ3v) is 3.12. The molecule has 1 heterocycles. The molecule has 2 N–H and O–H groups in total. The van der Waals surface area contributed by atoms with Gasteiger partial charge in [0.15, 0.2) is 0 Å². The van der Waals surface area contributed by atoms with Gasteiger partial charge in [0.05, 0.1) is 5.56 Å². The van der Waals surface area contributed by atoms with Gasteiger partial charge in [-0.3, -0.25) is 9.59 Å². The highest BCUT2D eigenvalue weighted by molar-refractivity contribution is 6.06. The second kappa shape index (κ2) is 5.45. The first-order valence-electron chi connectivity index (χ1n) is 6.48. The molecular formula is C15H17FN2O2. The molecule has 1 aliphatic rings. The van der Waals surface area contributed by atoms with Crippen LogP contribution in [0.15, 0.2) is 24.3 Å². The van der Waals surface area contributed by atoms with Crippen molar-refractivity contribution in [1.29, 1.82) is 0 Å². The van der Waals surface area contributed by atoms with Gasteiger partial charge in [0.1, 0.15) is 5.82 Å². The van der Waals surface area contributed by atoms with Crippen LogP contribution in [0.25, 0.3) is 5.57 Å². The maximum atomic E-state index is 14.0. The number of halogens is 1. The predicted molar refractivity (Wildman–Crippen MR) is 74.3 cm³/mol. The normalized spacial score (nSPS) is 16.7. The molecule has 0 radical (unpaired) electrons. The van der Waals surface area contributed by atoms with Crippen molar-refractivity contribution in [3.63, 3.8) is 0 Å². The predicted octanol–water partition coefficient (Wildman–Crippen LogP) is 1.81. The van der Waals surface area contributed by atoms with Crippen molar-refractivity contribution < 1.29 is 14.0 Å². The first-order valence-corrected chi connectivity index (χ1v) is 6.48. The van der Waals surface area contributed by atoms with E-state index >= 15 is 0 Å². The Hall–Kier alpha value is -2.17. The number of fused-ring (bicyclic) bond motifs is 1. The van der Waals surface area contributed by atoms with Crippen LogP contribution in [0.5, 0.6) is 0 Å². The summed E-state index contributed by atoms with van der Waals surface area (Å²) in [6.45, 7) is 4.72. The highest BCUT2D eigenvalue weighted by Gasteiger charge is 2.30. The Labute approximate surface area is 117 Å². The number of amides is 2. The van der Waals surface area contributed by atoms with Crippen molar-refractivity contribution in [3.8, 4) is 0 Å². The number of nitrogens with zero attached hydrogens (tertiary/aromatic N) is 1. The van der Waals surface area contributed by atoms with Crippen molar-refractivity contribution in [3.05, 3.63) is 41.2 Å². The van der Waals surface area contributed by atoms with Crippen LogP contribution < -0.4 is 5.73 Å². The molecule has 1 aliphatic heterocycles. The minimum Gasteiger partial charge on any atom is -0.366 e. The van der Waals surface area contributed by atoms with E-state index in [2.05, 4.69) is 0 Å². The van der Waals surface area contributed by atoms with Gasteiger partial charge in [-0.25, -0.2) is 4.39 Å². The van der Waals surface area contributed by atoms with Gasteiger partial charge in [-0.1, -0.05) is 26.0 Å². The molecule has 0 fully saturated rings. The van der Waals surface area contributed by atoms with Gasteiger partial charge in [0.25, 0.3) is 5.91 Å². The Morgan fingerprint density at radius 2 is 2.20 bits per heavy atom. The highest BCUT2D eigenvalue weighted by Crippen LogP contribution is 2.29. The number of carbonyl (C=O) groups excluding carboxylic acids is 2.